The van der Waals surface area contributed by atoms with E-state index in [1.165, 1.54) is 6.20 Å². The lowest BCUT2D eigenvalue weighted by Gasteiger charge is -2.08. The van der Waals surface area contributed by atoms with E-state index in [1.54, 1.807) is 6.92 Å². The number of nitrogens with two attached hydrogens (primary N) is 1. The Morgan fingerprint density at radius 2 is 2.05 bits per heavy atom. The summed E-state index contributed by atoms with van der Waals surface area (Å²) in [6, 6.07) is 2.04. The molecule has 0 saturated carbocycles. The number of anilines is 1. The first-order valence-electron chi connectivity index (χ1n) is 6.20. The van der Waals surface area contributed by atoms with Gasteiger partial charge < -0.3 is 5.73 Å². The van der Waals surface area contributed by atoms with Crippen molar-refractivity contribution in [3.8, 4) is 6.07 Å². The van der Waals surface area contributed by atoms with Crippen LogP contribution in [0, 0.1) is 25.2 Å². The van der Waals surface area contributed by atoms with Gasteiger partial charge in [0.2, 0.25) is 5.65 Å². The van der Waals surface area contributed by atoms with E-state index >= 15 is 0 Å². The molecule has 0 spiro atoms. The molecule has 0 atom stereocenters. The normalized spacial score (nSPS) is 10.7. The third-order valence-electron chi connectivity index (χ3n) is 3.25. The molecule has 3 aromatic rings. The van der Waals surface area contributed by atoms with Gasteiger partial charge in [-0.2, -0.15) is 5.26 Å². The molecule has 104 valence electrons. The number of pyridine rings is 1. The molecule has 3 rings (SSSR count). The van der Waals surface area contributed by atoms with E-state index in [2.05, 4.69) is 29.9 Å². The lowest BCUT2D eigenvalue weighted by molar-refractivity contribution is 0.315. The standard InChI is InChI=1S/C13H11N7O/c1-6-8(4-14)5-16-10(17-6)3-9-7(2)18-13-12(11(9)15)19-21-20-13/h5H,3,15H2,1-2H3. The smallest absolute Gasteiger partial charge is 0.226 e. The molecule has 0 radical (unpaired) electrons. The SMILES string of the molecule is Cc1nc(Cc2c(C)nc3nonc3c2N)ncc1C#N. The van der Waals surface area contributed by atoms with Gasteiger partial charge in [-0.05, 0) is 24.2 Å². The van der Waals surface area contributed by atoms with Crippen LogP contribution in [0.25, 0.3) is 11.2 Å². The molecule has 0 bridgehead atoms. The largest absolute Gasteiger partial charge is 0.396 e. The molecule has 3 aromatic heterocycles. The van der Waals surface area contributed by atoms with Gasteiger partial charge in [-0.25, -0.2) is 19.6 Å². The highest BCUT2D eigenvalue weighted by Gasteiger charge is 2.16. The highest BCUT2D eigenvalue weighted by molar-refractivity contribution is 5.85. The van der Waals surface area contributed by atoms with Gasteiger partial charge in [0.25, 0.3) is 0 Å². The summed E-state index contributed by atoms with van der Waals surface area (Å²) >= 11 is 0. The van der Waals surface area contributed by atoms with Gasteiger partial charge in [-0.3, -0.25) is 0 Å². The van der Waals surface area contributed by atoms with Gasteiger partial charge in [-0.1, -0.05) is 0 Å². The fourth-order valence-electron chi connectivity index (χ4n) is 2.08. The molecule has 0 unspecified atom stereocenters. The Morgan fingerprint density at radius 3 is 2.76 bits per heavy atom. The van der Waals surface area contributed by atoms with Crippen LogP contribution in [0.4, 0.5) is 5.69 Å². The van der Waals surface area contributed by atoms with Gasteiger partial charge >= 0.3 is 0 Å². The van der Waals surface area contributed by atoms with Crippen molar-refractivity contribution in [1.29, 1.82) is 5.26 Å². The van der Waals surface area contributed by atoms with Crippen LogP contribution in [0.15, 0.2) is 10.8 Å². The summed E-state index contributed by atoms with van der Waals surface area (Å²) in [5.41, 5.74) is 9.96. The number of fused-ring (bicyclic) bond motifs is 1. The van der Waals surface area contributed by atoms with E-state index in [0.29, 0.717) is 40.4 Å². The second-order valence-corrected chi connectivity index (χ2v) is 4.60. The fraction of sp³-hybridized carbons (Fsp3) is 0.231. The van der Waals surface area contributed by atoms with E-state index in [0.717, 1.165) is 11.3 Å². The molecule has 0 aromatic carbocycles. The number of aromatic nitrogens is 5. The summed E-state index contributed by atoms with van der Waals surface area (Å²) in [7, 11) is 0. The maximum absolute atomic E-state index is 8.90. The second-order valence-electron chi connectivity index (χ2n) is 4.60. The van der Waals surface area contributed by atoms with Crippen molar-refractivity contribution >= 4 is 16.9 Å². The third kappa shape index (κ3) is 2.14. The number of hydrogen-bond donors (Lipinski definition) is 1. The lowest BCUT2D eigenvalue weighted by atomic mass is 10.1. The Morgan fingerprint density at radius 1 is 1.24 bits per heavy atom. The molecule has 0 amide bonds. The summed E-state index contributed by atoms with van der Waals surface area (Å²) < 4.78 is 4.65. The average molecular weight is 281 g/mol. The van der Waals surface area contributed by atoms with Crippen molar-refractivity contribution in [3.05, 3.63) is 34.5 Å². The van der Waals surface area contributed by atoms with Crippen LogP contribution in [0.1, 0.15) is 28.3 Å². The molecule has 0 aliphatic carbocycles. The van der Waals surface area contributed by atoms with Gasteiger partial charge in [0.1, 0.15) is 11.9 Å². The van der Waals surface area contributed by atoms with Gasteiger partial charge in [0.05, 0.1) is 16.9 Å². The average Bonchev–Trinajstić information content (AvgIpc) is 2.92. The van der Waals surface area contributed by atoms with Crippen LogP contribution in [0.2, 0.25) is 0 Å². The molecular formula is C13H11N7O. The first kappa shape index (κ1) is 12.9. The minimum absolute atomic E-state index is 0.380. The molecule has 21 heavy (non-hydrogen) atoms. The second kappa shape index (κ2) is 4.79. The quantitative estimate of drug-likeness (QED) is 0.738. The Labute approximate surface area is 119 Å². The van der Waals surface area contributed by atoms with Crippen molar-refractivity contribution < 1.29 is 4.63 Å². The first-order valence-corrected chi connectivity index (χ1v) is 6.20. The summed E-state index contributed by atoms with van der Waals surface area (Å²) in [4.78, 5) is 12.8. The summed E-state index contributed by atoms with van der Waals surface area (Å²) in [5.74, 6) is 0.568. The number of rotatable bonds is 2. The predicted octanol–water partition coefficient (Wildman–Crippen LogP) is 1.07. The molecule has 2 N–H and O–H groups in total. The molecule has 0 aliphatic rings. The van der Waals surface area contributed by atoms with Crippen LogP contribution in [0.5, 0.6) is 0 Å². The molecule has 8 heteroatoms. The fourth-order valence-corrected chi connectivity index (χ4v) is 2.08. The number of nitriles is 1. The monoisotopic (exact) mass is 281 g/mol. The van der Waals surface area contributed by atoms with Crippen molar-refractivity contribution in [2.45, 2.75) is 20.3 Å². The van der Waals surface area contributed by atoms with Gasteiger partial charge in [0, 0.05) is 23.9 Å². The van der Waals surface area contributed by atoms with Crippen molar-refractivity contribution in [3.63, 3.8) is 0 Å². The maximum atomic E-state index is 8.90. The zero-order valence-corrected chi connectivity index (χ0v) is 11.5. The molecule has 0 saturated heterocycles. The number of nitrogens with zero attached hydrogens (tertiary/aromatic N) is 6. The zero-order chi connectivity index (χ0) is 15.0. The summed E-state index contributed by atoms with van der Waals surface area (Å²) in [6.07, 6.45) is 1.91. The van der Waals surface area contributed by atoms with Crippen molar-refractivity contribution in [2.75, 3.05) is 5.73 Å². The Balaban J connectivity index is 2.05. The maximum Gasteiger partial charge on any atom is 0.226 e. The van der Waals surface area contributed by atoms with Crippen LogP contribution < -0.4 is 5.73 Å². The third-order valence-corrected chi connectivity index (χ3v) is 3.25. The van der Waals surface area contributed by atoms with Crippen LogP contribution in [-0.2, 0) is 6.42 Å². The zero-order valence-electron chi connectivity index (χ0n) is 11.5. The number of aryl methyl sites for hydroxylation is 2. The number of nitrogen functional groups attached to an aromatic ring is 1. The van der Waals surface area contributed by atoms with Crippen LogP contribution in [0.3, 0.4) is 0 Å². The lowest BCUT2D eigenvalue weighted by Crippen LogP contribution is -2.06. The highest BCUT2D eigenvalue weighted by atomic mass is 16.6. The van der Waals surface area contributed by atoms with Gasteiger partial charge in [-0.15, -0.1) is 0 Å². The first-order chi connectivity index (χ1) is 10.1. The van der Waals surface area contributed by atoms with Crippen molar-refractivity contribution in [2.24, 2.45) is 0 Å². The summed E-state index contributed by atoms with van der Waals surface area (Å²) in [6.45, 7) is 3.60. The van der Waals surface area contributed by atoms with Crippen LogP contribution in [-0.4, -0.2) is 25.3 Å². The van der Waals surface area contributed by atoms with Crippen molar-refractivity contribution in [1.82, 2.24) is 25.3 Å². The predicted molar refractivity (Wildman–Crippen MR) is 73.0 cm³/mol. The molecule has 0 aliphatic heterocycles. The van der Waals surface area contributed by atoms with Crippen LogP contribution >= 0.6 is 0 Å². The molecule has 0 fully saturated rings. The Kier molecular flexibility index (Phi) is 2.95. The number of hydrogen-bond acceptors (Lipinski definition) is 8. The summed E-state index contributed by atoms with van der Waals surface area (Å²) in [5, 5.41) is 16.3. The molecule has 3 heterocycles. The van der Waals surface area contributed by atoms with E-state index < -0.39 is 0 Å². The van der Waals surface area contributed by atoms with E-state index in [9.17, 15) is 0 Å². The minimum Gasteiger partial charge on any atom is -0.396 e. The van der Waals surface area contributed by atoms with E-state index in [4.69, 9.17) is 11.0 Å². The Hall–Kier alpha value is -3.08. The van der Waals surface area contributed by atoms with Gasteiger partial charge in [0.15, 0.2) is 5.52 Å². The molecular weight excluding hydrogens is 270 g/mol. The Bertz CT molecular complexity index is 878. The highest BCUT2D eigenvalue weighted by Crippen LogP contribution is 2.24. The van der Waals surface area contributed by atoms with E-state index in [-0.39, 0.29) is 0 Å². The minimum atomic E-state index is 0.380. The topological polar surface area (TPSA) is 127 Å². The van der Waals surface area contributed by atoms with E-state index in [1.807, 2.05) is 13.0 Å². The molecule has 8 nitrogen and oxygen atoms in total.